The highest BCUT2D eigenvalue weighted by Crippen LogP contribution is 2.31. The zero-order valence-electron chi connectivity index (χ0n) is 19.1. The Labute approximate surface area is 215 Å². The first kappa shape index (κ1) is 24.6. The molecule has 0 atom stereocenters. The molecule has 6 nitrogen and oxygen atoms in total. The molecular weight excluding hydrogens is 562 g/mol. The minimum atomic E-state index is -0.795. The quantitative estimate of drug-likeness (QED) is 0.240. The first-order valence-corrected chi connectivity index (χ1v) is 12.0. The van der Waals surface area contributed by atoms with E-state index in [1.54, 1.807) is 61.5 Å². The lowest BCUT2D eigenvalue weighted by atomic mass is 10.00. The molecule has 3 aromatic carbocycles. The van der Waals surface area contributed by atoms with Crippen molar-refractivity contribution in [2.24, 2.45) is 0 Å². The first-order chi connectivity index (χ1) is 16.8. The van der Waals surface area contributed by atoms with Gasteiger partial charge in [-0.1, -0.05) is 36.4 Å². The van der Waals surface area contributed by atoms with Crippen molar-refractivity contribution in [2.75, 3.05) is 11.5 Å². The van der Waals surface area contributed by atoms with Crippen molar-refractivity contribution in [3.05, 3.63) is 97.9 Å². The second-order valence-corrected chi connectivity index (χ2v) is 9.09. The predicted molar refractivity (Wildman–Crippen MR) is 140 cm³/mol. The number of aryl methyl sites for hydroxylation is 1. The van der Waals surface area contributed by atoms with Gasteiger partial charge in [-0.2, -0.15) is 0 Å². The fraction of sp³-hybridized carbons (Fsp3) is 0.148. The molecule has 1 heterocycles. The maximum atomic E-state index is 14.3. The number of halogens is 2. The third-order valence-corrected chi connectivity index (χ3v) is 6.53. The summed E-state index contributed by atoms with van der Waals surface area (Å²) >= 11 is 2.13. The van der Waals surface area contributed by atoms with E-state index in [0.717, 1.165) is 19.6 Å². The van der Waals surface area contributed by atoms with Crippen LogP contribution in [0.1, 0.15) is 29.2 Å². The molecular formula is C27H22FIN2O4. The molecule has 1 N–H and O–H groups in total. The van der Waals surface area contributed by atoms with Crippen LogP contribution in [-0.4, -0.2) is 24.5 Å². The largest absolute Gasteiger partial charge is 0.494 e. The lowest BCUT2D eigenvalue weighted by molar-refractivity contribution is -0.122. The summed E-state index contributed by atoms with van der Waals surface area (Å²) in [5.41, 5.74) is 2.83. The molecule has 0 spiro atoms. The summed E-state index contributed by atoms with van der Waals surface area (Å²) in [6, 6.07) is 16.2. The van der Waals surface area contributed by atoms with Gasteiger partial charge in [0.05, 0.1) is 12.3 Å². The Morgan fingerprint density at radius 2 is 1.77 bits per heavy atom. The number of urea groups is 1. The molecule has 0 aliphatic carbocycles. The molecule has 0 unspecified atom stereocenters. The average molecular weight is 584 g/mol. The van der Waals surface area contributed by atoms with Gasteiger partial charge in [-0.15, -0.1) is 0 Å². The molecule has 1 fully saturated rings. The van der Waals surface area contributed by atoms with E-state index in [2.05, 4.69) is 27.9 Å². The van der Waals surface area contributed by atoms with Gasteiger partial charge in [0.15, 0.2) is 0 Å². The van der Waals surface area contributed by atoms with E-state index >= 15 is 0 Å². The van der Waals surface area contributed by atoms with Crippen LogP contribution in [0.4, 0.5) is 14.9 Å². The third-order valence-electron chi connectivity index (χ3n) is 5.57. The number of nitrogens with one attached hydrogen (secondary N) is 1. The molecule has 35 heavy (non-hydrogen) atoms. The Kier molecular flexibility index (Phi) is 7.30. The van der Waals surface area contributed by atoms with Crippen LogP contribution in [-0.2, 0) is 16.0 Å². The number of ether oxygens (including phenoxy) is 1. The zero-order chi connectivity index (χ0) is 25.1. The smallest absolute Gasteiger partial charge is 0.335 e. The average Bonchev–Trinajstić information content (AvgIpc) is 2.81. The second kappa shape index (κ2) is 10.4. The summed E-state index contributed by atoms with van der Waals surface area (Å²) < 4.78 is 20.9. The number of benzene rings is 3. The van der Waals surface area contributed by atoms with E-state index in [9.17, 15) is 18.8 Å². The second-order valence-electron chi connectivity index (χ2n) is 7.92. The standard InChI is InChI=1S/C27H22FIN2O4/c1-3-35-24-14-17(13-22(29)19(24)15-18-9-5-6-10-21(18)28)12-20-25(32)30-27(34)31(26(20)33)23-11-7-4-8-16(23)2/h4-14H,3,15H2,1-2H3,(H,30,32,34)/b20-12+. The first-order valence-electron chi connectivity index (χ1n) is 11.0. The highest BCUT2D eigenvalue weighted by atomic mass is 127. The van der Waals surface area contributed by atoms with Gasteiger partial charge >= 0.3 is 6.03 Å². The third kappa shape index (κ3) is 5.12. The molecule has 8 heteroatoms. The molecule has 1 aliphatic rings. The molecule has 0 aromatic heterocycles. The molecule has 1 aliphatic heterocycles. The summed E-state index contributed by atoms with van der Waals surface area (Å²) in [7, 11) is 0. The van der Waals surface area contributed by atoms with E-state index in [4.69, 9.17) is 4.74 Å². The van der Waals surface area contributed by atoms with Crippen LogP contribution in [0.2, 0.25) is 0 Å². The Balaban J connectivity index is 1.74. The number of hydrogen-bond donors (Lipinski definition) is 1. The lowest BCUT2D eigenvalue weighted by Crippen LogP contribution is -2.54. The summed E-state index contributed by atoms with van der Waals surface area (Å²) in [6.07, 6.45) is 1.76. The summed E-state index contributed by atoms with van der Waals surface area (Å²) in [6.45, 7) is 4.00. The van der Waals surface area contributed by atoms with E-state index in [1.807, 2.05) is 6.92 Å². The normalized spacial score (nSPS) is 14.9. The maximum Gasteiger partial charge on any atom is 0.335 e. The van der Waals surface area contributed by atoms with Crippen LogP contribution in [0.25, 0.3) is 6.08 Å². The molecule has 3 aromatic rings. The van der Waals surface area contributed by atoms with Crippen molar-refractivity contribution >= 4 is 52.2 Å². The van der Waals surface area contributed by atoms with E-state index < -0.39 is 17.8 Å². The Morgan fingerprint density at radius 1 is 1.06 bits per heavy atom. The number of rotatable bonds is 6. The van der Waals surface area contributed by atoms with Gasteiger partial charge in [-0.05, 0) is 83.5 Å². The Hall–Kier alpha value is -3.53. The number of hydrogen-bond acceptors (Lipinski definition) is 4. The van der Waals surface area contributed by atoms with Crippen molar-refractivity contribution < 1.29 is 23.5 Å². The monoisotopic (exact) mass is 584 g/mol. The predicted octanol–water partition coefficient (Wildman–Crippen LogP) is 5.39. The van der Waals surface area contributed by atoms with Crippen molar-refractivity contribution in [1.29, 1.82) is 0 Å². The van der Waals surface area contributed by atoms with Crippen LogP contribution >= 0.6 is 22.6 Å². The Bertz CT molecular complexity index is 1370. The number of para-hydroxylation sites is 1. The van der Waals surface area contributed by atoms with E-state index in [-0.39, 0.29) is 11.4 Å². The van der Waals surface area contributed by atoms with Crippen LogP contribution < -0.4 is 15.0 Å². The molecule has 0 bridgehead atoms. The van der Waals surface area contributed by atoms with Crippen LogP contribution in [0.3, 0.4) is 0 Å². The number of nitrogens with zero attached hydrogens (tertiary/aromatic N) is 1. The highest BCUT2D eigenvalue weighted by Gasteiger charge is 2.37. The van der Waals surface area contributed by atoms with Crippen LogP contribution in [0, 0.1) is 16.3 Å². The molecule has 4 amide bonds. The molecule has 0 saturated carbocycles. The van der Waals surface area contributed by atoms with Gasteiger partial charge in [0.1, 0.15) is 17.1 Å². The highest BCUT2D eigenvalue weighted by molar-refractivity contribution is 14.1. The molecule has 178 valence electrons. The minimum absolute atomic E-state index is 0.173. The van der Waals surface area contributed by atoms with Gasteiger partial charge < -0.3 is 4.74 Å². The summed E-state index contributed by atoms with van der Waals surface area (Å²) in [4.78, 5) is 39.3. The fourth-order valence-electron chi connectivity index (χ4n) is 3.86. The number of imide groups is 2. The van der Waals surface area contributed by atoms with Gasteiger partial charge in [0.25, 0.3) is 11.8 Å². The van der Waals surface area contributed by atoms with Crippen LogP contribution in [0.5, 0.6) is 5.75 Å². The number of carbonyl (C=O) groups excluding carboxylic acids is 3. The van der Waals surface area contributed by atoms with Gasteiger partial charge in [0.2, 0.25) is 0 Å². The van der Waals surface area contributed by atoms with E-state index in [1.165, 1.54) is 12.1 Å². The minimum Gasteiger partial charge on any atom is -0.494 e. The van der Waals surface area contributed by atoms with E-state index in [0.29, 0.717) is 35.6 Å². The van der Waals surface area contributed by atoms with Crippen molar-refractivity contribution in [3.63, 3.8) is 0 Å². The zero-order valence-corrected chi connectivity index (χ0v) is 21.3. The summed E-state index contributed by atoms with van der Waals surface area (Å²) in [5.74, 6) is -1.25. The van der Waals surface area contributed by atoms with Gasteiger partial charge in [-0.25, -0.2) is 14.1 Å². The molecule has 1 saturated heterocycles. The van der Waals surface area contributed by atoms with Gasteiger partial charge in [-0.3, -0.25) is 14.9 Å². The number of anilines is 1. The summed E-state index contributed by atoms with van der Waals surface area (Å²) in [5, 5.41) is 2.24. The molecule has 4 rings (SSSR count). The number of carbonyl (C=O) groups is 3. The molecule has 0 radical (unpaired) electrons. The Morgan fingerprint density at radius 3 is 2.49 bits per heavy atom. The maximum absolute atomic E-state index is 14.3. The van der Waals surface area contributed by atoms with Crippen molar-refractivity contribution in [2.45, 2.75) is 20.3 Å². The van der Waals surface area contributed by atoms with Crippen molar-refractivity contribution in [3.8, 4) is 5.75 Å². The lowest BCUT2D eigenvalue weighted by Gasteiger charge is -2.27. The number of barbiturate groups is 1. The number of amides is 4. The van der Waals surface area contributed by atoms with Gasteiger partial charge in [0, 0.05) is 15.6 Å². The SMILES string of the molecule is CCOc1cc(/C=C2\C(=O)NC(=O)N(c3ccccc3C)C2=O)cc(I)c1Cc1ccccc1F. The van der Waals surface area contributed by atoms with Crippen LogP contribution in [0.15, 0.2) is 66.2 Å². The fourth-order valence-corrected chi connectivity index (χ4v) is 4.68. The van der Waals surface area contributed by atoms with Crippen molar-refractivity contribution in [1.82, 2.24) is 5.32 Å². The topological polar surface area (TPSA) is 75.7 Å².